The Morgan fingerprint density at radius 1 is 1.39 bits per heavy atom. The van der Waals surface area contributed by atoms with Crippen LogP contribution in [-0.2, 0) is 22.7 Å². The van der Waals surface area contributed by atoms with E-state index in [1.807, 2.05) is 0 Å². The molecule has 0 bridgehead atoms. The monoisotopic (exact) mass is 300 g/mol. The molecule has 0 amide bonds. The molecule has 1 aliphatic rings. The summed E-state index contributed by atoms with van der Waals surface area (Å²) in [7, 11) is -6.04. The minimum atomic E-state index is -4.88. The Morgan fingerprint density at radius 2 is 1.94 bits per heavy atom. The Kier molecular flexibility index (Phi) is 5.26. The van der Waals surface area contributed by atoms with Crippen LogP contribution in [0.5, 0.6) is 0 Å². The van der Waals surface area contributed by atoms with Crippen molar-refractivity contribution in [1.82, 2.24) is 0 Å². The van der Waals surface area contributed by atoms with Gasteiger partial charge in [-0.2, -0.15) is 0 Å². The van der Waals surface area contributed by atoms with Crippen molar-refractivity contribution in [3.05, 3.63) is 0 Å². The highest BCUT2D eigenvalue weighted by Gasteiger charge is 2.39. The van der Waals surface area contributed by atoms with Crippen LogP contribution in [0.3, 0.4) is 0 Å². The molecule has 1 aliphatic heterocycles. The molecule has 0 aliphatic carbocycles. The first-order valence-corrected chi connectivity index (χ1v) is 8.86. The lowest BCUT2D eigenvalue weighted by molar-refractivity contribution is 0.000557. The van der Waals surface area contributed by atoms with E-state index in [0.29, 0.717) is 0 Å². The third kappa shape index (κ3) is 4.79. The predicted molar refractivity (Wildman–Crippen MR) is 67.6 cm³/mol. The van der Waals surface area contributed by atoms with Crippen molar-refractivity contribution in [2.75, 3.05) is 6.61 Å². The smallest absolute Gasteiger partial charge is 0.390 e. The van der Waals surface area contributed by atoms with E-state index in [-0.39, 0.29) is 18.5 Å². The average molecular weight is 300 g/mol. The maximum Gasteiger partial charge on any atom is 0.476 e. The Labute approximate surface area is 107 Å². The van der Waals surface area contributed by atoms with E-state index in [4.69, 9.17) is 19.0 Å². The van der Waals surface area contributed by atoms with Crippen LogP contribution in [-0.4, -0.2) is 55.1 Å². The lowest BCUT2D eigenvalue weighted by Crippen LogP contribution is -2.29. The predicted octanol–water partition coefficient (Wildman–Crippen LogP) is -1.79. The Hall–Kier alpha value is 0.350. The highest BCUT2D eigenvalue weighted by Crippen LogP contribution is 2.57. The summed E-state index contributed by atoms with van der Waals surface area (Å²) < 4.78 is 36.3. The van der Waals surface area contributed by atoms with Gasteiger partial charge in [0, 0.05) is 11.9 Å². The van der Waals surface area contributed by atoms with Crippen LogP contribution in [0.15, 0.2) is 0 Å². The molecular formula is C6H16B2O8P2. The zero-order chi connectivity index (χ0) is 14.1. The summed E-state index contributed by atoms with van der Waals surface area (Å²) in [6.45, 7) is 1.54. The minimum Gasteiger partial charge on any atom is -0.390 e. The summed E-state index contributed by atoms with van der Waals surface area (Å²) in [5.74, 6) is -0.0995. The molecule has 8 nitrogen and oxygen atoms in total. The summed E-state index contributed by atoms with van der Waals surface area (Å²) in [6, 6.07) is -0.174. The van der Waals surface area contributed by atoms with Gasteiger partial charge in [0.25, 0.3) is 15.0 Å². The third-order valence-electron chi connectivity index (χ3n) is 2.78. The van der Waals surface area contributed by atoms with Gasteiger partial charge in [-0.05, 0) is 0 Å². The first kappa shape index (κ1) is 16.4. The molecule has 0 saturated carbocycles. The molecule has 2 unspecified atom stereocenters. The standard InChI is InChI=1S/C6H16B2O8P2/c1-3-5(9)4(15-6(3)7)2-14-17(8,10)16-18(11,12)13/h3-6,9H,2,7-8H2,1H3,(H2,11,12,13)/t3-,4-,5?,6-,17?/m1/s1. The fourth-order valence-electron chi connectivity index (χ4n) is 1.66. The van der Waals surface area contributed by atoms with Crippen molar-refractivity contribution in [2.45, 2.75) is 25.1 Å². The van der Waals surface area contributed by atoms with Crippen LogP contribution in [0, 0.1) is 5.92 Å². The first-order valence-electron chi connectivity index (χ1n) is 5.34. The normalized spacial score (nSPS) is 36.4. The summed E-state index contributed by atoms with van der Waals surface area (Å²) in [5, 5.41) is 9.77. The maximum absolute atomic E-state index is 11.6. The van der Waals surface area contributed by atoms with Crippen LogP contribution in [0.1, 0.15) is 6.92 Å². The Morgan fingerprint density at radius 3 is 2.33 bits per heavy atom. The van der Waals surface area contributed by atoms with Gasteiger partial charge in [0.2, 0.25) is 0 Å². The van der Waals surface area contributed by atoms with Crippen LogP contribution in [0.25, 0.3) is 0 Å². The van der Waals surface area contributed by atoms with Gasteiger partial charge in [-0.25, -0.2) is 8.88 Å². The Bertz CT molecular complexity index is 386. The van der Waals surface area contributed by atoms with E-state index in [2.05, 4.69) is 4.31 Å². The average Bonchev–Trinajstić information content (AvgIpc) is 2.39. The van der Waals surface area contributed by atoms with Gasteiger partial charge >= 0.3 is 7.82 Å². The summed E-state index contributed by atoms with van der Waals surface area (Å²) in [6.07, 6.45) is -1.47. The SMILES string of the molecule is B[C@@H]1O[C@H](COP(B)(=O)OP(=O)(O)O)C(O)[C@H]1C. The van der Waals surface area contributed by atoms with Crippen LogP contribution in [0.4, 0.5) is 0 Å². The van der Waals surface area contributed by atoms with Gasteiger partial charge in [0.15, 0.2) is 0 Å². The molecule has 0 radical (unpaired) electrons. The van der Waals surface area contributed by atoms with Gasteiger partial charge in [0.05, 0.1) is 12.7 Å². The molecule has 0 spiro atoms. The number of ether oxygens (including phenoxy) is 1. The quantitative estimate of drug-likeness (QED) is 0.402. The second kappa shape index (κ2) is 5.77. The van der Waals surface area contributed by atoms with Crippen molar-refractivity contribution in [3.63, 3.8) is 0 Å². The molecule has 12 heteroatoms. The lowest BCUT2D eigenvalue weighted by atomic mass is 9.86. The largest absolute Gasteiger partial charge is 0.476 e. The second-order valence-electron chi connectivity index (χ2n) is 4.37. The molecule has 104 valence electrons. The van der Waals surface area contributed by atoms with E-state index in [1.165, 1.54) is 0 Å². The van der Waals surface area contributed by atoms with Gasteiger partial charge < -0.3 is 24.2 Å². The molecule has 5 atom stereocenters. The number of rotatable bonds is 5. The summed E-state index contributed by atoms with van der Waals surface area (Å²) in [5.41, 5.74) is 0. The number of hydrogen-bond donors (Lipinski definition) is 3. The molecule has 1 heterocycles. The molecule has 3 N–H and O–H groups in total. The highest BCUT2D eigenvalue weighted by atomic mass is 31.3. The van der Waals surface area contributed by atoms with Gasteiger partial charge in [-0.3, -0.25) is 4.57 Å². The van der Waals surface area contributed by atoms with Crippen molar-refractivity contribution >= 4 is 30.7 Å². The molecule has 18 heavy (non-hydrogen) atoms. The van der Waals surface area contributed by atoms with Gasteiger partial charge in [0.1, 0.15) is 14.0 Å². The van der Waals surface area contributed by atoms with E-state index in [1.54, 1.807) is 14.8 Å². The molecular weight excluding hydrogens is 284 g/mol. The van der Waals surface area contributed by atoms with Crippen LogP contribution in [0.2, 0.25) is 0 Å². The lowest BCUT2D eigenvalue weighted by Gasteiger charge is -2.19. The molecule has 0 aromatic heterocycles. The maximum atomic E-state index is 11.6. The van der Waals surface area contributed by atoms with Crippen molar-refractivity contribution in [2.24, 2.45) is 5.92 Å². The molecule has 0 aromatic carbocycles. The third-order valence-corrected chi connectivity index (χ3v) is 5.43. The minimum absolute atomic E-state index is 0.0995. The van der Waals surface area contributed by atoms with E-state index < -0.39 is 27.5 Å². The molecule has 0 aromatic rings. The van der Waals surface area contributed by atoms with Gasteiger partial charge in [-0.1, -0.05) is 6.92 Å². The van der Waals surface area contributed by atoms with Crippen molar-refractivity contribution in [1.29, 1.82) is 0 Å². The topological polar surface area (TPSA) is 123 Å². The van der Waals surface area contributed by atoms with Crippen LogP contribution >= 0.6 is 15.3 Å². The number of aliphatic hydroxyl groups is 1. The number of hydrogen-bond acceptors (Lipinski definition) is 6. The molecule has 1 saturated heterocycles. The van der Waals surface area contributed by atoms with E-state index >= 15 is 0 Å². The van der Waals surface area contributed by atoms with E-state index in [9.17, 15) is 14.2 Å². The second-order valence-corrected chi connectivity index (χ2v) is 7.80. The first-order chi connectivity index (χ1) is 8.02. The van der Waals surface area contributed by atoms with E-state index in [0.717, 1.165) is 7.57 Å². The van der Waals surface area contributed by atoms with Crippen molar-refractivity contribution in [3.8, 4) is 0 Å². The fraction of sp³-hybridized carbons (Fsp3) is 1.00. The zero-order valence-electron chi connectivity index (χ0n) is 10.3. The molecule has 1 rings (SSSR count). The highest BCUT2D eigenvalue weighted by molar-refractivity contribution is 7.83. The molecule has 1 fully saturated rings. The number of phosphoric acid groups is 1. The van der Waals surface area contributed by atoms with Crippen LogP contribution < -0.4 is 0 Å². The summed E-state index contributed by atoms with van der Waals surface area (Å²) >= 11 is 0. The summed E-state index contributed by atoms with van der Waals surface area (Å²) in [4.78, 5) is 17.1. The number of aliphatic hydroxyl groups excluding tert-OH is 1. The zero-order valence-corrected chi connectivity index (χ0v) is 12.1. The fourth-order valence-corrected chi connectivity index (χ4v) is 3.81. The Balaban J connectivity index is 2.51. The van der Waals surface area contributed by atoms with Crippen molar-refractivity contribution < 1.29 is 37.6 Å². The van der Waals surface area contributed by atoms with Gasteiger partial charge in [-0.15, -0.1) is 0 Å².